The van der Waals surface area contributed by atoms with Crippen LogP contribution >= 0.6 is 23.2 Å². The van der Waals surface area contributed by atoms with Crippen LogP contribution in [0.1, 0.15) is 30.6 Å². The Bertz CT molecular complexity index is 366. The molecule has 0 spiro atoms. The van der Waals surface area contributed by atoms with E-state index < -0.39 is 0 Å². The van der Waals surface area contributed by atoms with Gasteiger partial charge in [-0.25, -0.2) is 0 Å². The lowest BCUT2D eigenvalue weighted by molar-refractivity contribution is 0.0939. The second-order valence-corrected chi connectivity index (χ2v) is 4.25. The van der Waals surface area contributed by atoms with Crippen LogP contribution < -0.4 is 5.32 Å². The highest BCUT2D eigenvalue weighted by atomic mass is 35.5. The Kier molecular flexibility index (Phi) is 4.43. The Hall–Kier alpha value is -0.730. The predicted octanol–water partition coefficient (Wildman–Crippen LogP) is 3.52. The Balaban J connectivity index is 2.86. The smallest absolute Gasteiger partial charge is 0.253 e. The molecule has 2 nitrogen and oxygen atoms in total. The topological polar surface area (TPSA) is 29.1 Å². The van der Waals surface area contributed by atoms with E-state index in [2.05, 4.69) is 5.32 Å². The largest absolute Gasteiger partial charge is 0.350 e. The van der Waals surface area contributed by atoms with Crippen molar-refractivity contribution in [3.63, 3.8) is 0 Å². The minimum Gasteiger partial charge on any atom is -0.350 e. The van der Waals surface area contributed by atoms with Crippen LogP contribution in [0.5, 0.6) is 0 Å². The van der Waals surface area contributed by atoms with Crippen molar-refractivity contribution < 1.29 is 4.79 Å². The molecule has 1 unspecified atom stereocenters. The van der Waals surface area contributed by atoms with Gasteiger partial charge in [0.15, 0.2) is 0 Å². The normalized spacial score (nSPS) is 12.3. The van der Waals surface area contributed by atoms with Crippen molar-refractivity contribution in [2.45, 2.75) is 26.3 Å². The van der Waals surface area contributed by atoms with Crippen LogP contribution in [0.25, 0.3) is 0 Å². The molecule has 0 aliphatic carbocycles. The number of carbonyl (C=O) groups is 1. The molecule has 4 heteroatoms. The molecule has 0 heterocycles. The molecule has 0 aliphatic heterocycles. The first-order chi connectivity index (χ1) is 7.04. The van der Waals surface area contributed by atoms with Crippen molar-refractivity contribution in [3.05, 3.63) is 33.8 Å². The van der Waals surface area contributed by atoms with Gasteiger partial charge in [-0.1, -0.05) is 30.1 Å². The summed E-state index contributed by atoms with van der Waals surface area (Å²) in [6.45, 7) is 3.95. The van der Waals surface area contributed by atoms with E-state index in [0.717, 1.165) is 6.42 Å². The molecule has 1 amide bonds. The van der Waals surface area contributed by atoms with Crippen LogP contribution in [0.2, 0.25) is 10.0 Å². The Morgan fingerprint density at radius 1 is 1.47 bits per heavy atom. The van der Waals surface area contributed by atoms with E-state index in [-0.39, 0.29) is 11.9 Å². The fourth-order valence-electron chi connectivity index (χ4n) is 1.08. The van der Waals surface area contributed by atoms with E-state index in [4.69, 9.17) is 23.2 Å². The molecule has 0 aromatic heterocycles. The van der Waals surface area contributed by atoms with Gasteiger partial charge in [0.05, 0.1) is 10.6 Å². The van der Waals surface area contributed by atoms with Crippen molar-refractivity contribution in [2.24, 2.45) is 0 Å². The number of amides is 1. The van der Waals surface area contributed by atoms with Gasteiger partial charge in [0.2, 0.25) is 0 Å². The van der Waals surface area contributed by atoms with Crippen molar-refractivity contribution in [1.82, 2.24) is 5.32 Å². The van der Waals surface area contributed by atoms with Crippen LogP contribution in [0.4, 0.5) is 0 Å². The lowest BCUT2D eigenvalue weighted by Gasteiger charge is -2.12. The number of benzene rings is 1. The van der Waals surface area contributed by atoms with Gasteiger partial charge >= 0.3 is 0 Å². The quantitative estimate of drug-likeness (QED) is 0.868. The van der Waals surface area contributed by atoms with Crippen molar-refractivity contribution >= 4 is 29.1 Å². The highest BCUT2D eigenvalue weighted by Crippen LogP contribution is 2.20. The van der Waals surface area contributed by atoms with Gasteiger partial charge < -0.3 is 5.32 Å². The van der Waals surface area contributed by atoms with E-state index in [9.17, 15) is 4.79 Å². The molecule has 82 valence electrons. The number of halogens is 2. The van der Waals surface area contributed by atoms with Gasteiger partial charge in [-0.05, 0) is 31.5 Å². The predicted molar refractivity (Wildman–Crippen MR) is 63.7 cm³/mol. The summed E-state index contributed by atoms with van der Waals surface area (Å²) in [4.78, 5) is 11.7. The maximum atomic E-state index is 11.7. The monoisotopic (exact) mass is 245 g/mol. The van der Waals surface area contributed by atoms with Gasteiger partial charge in [-0.3, -0.25) is 4.79 Å². The first kappa shape index (κ1) is 12.3. The third-order valence-corrected chi connectivity index (χ3v) is 2.73. The van der Waals surface area contributed by atoms with Crippen molar-refractivity contribution in [1.29, 1.82) is 0 Å². The van der Waals surface area contributed by atoms with Gasteiger partial charge in [0.1, 0.15) is 0 Å². The summed E-state index contributed by atoms with van der Waals surface area (Å²) < 4.78 is 0. The molecular weight excluding hydrogens is 233 g/mol. The van der Waals surface area contributed by atoms with Gasteiger partial charge in [-0.15, -0.1) is 0 Å². The Morgan fingerprint density at radius 2 is 2.13 bits per heavy atom. The molecule has 1 aromatic rings. The summed E-state index contributed by atoms with van der Waals surface area (Å²) in [7, 11) is 0. The number of rotatable bonds is 3. The lowest BCUT2D eigenvalue weighted by atomic mass is 10.2. The zero-order valence-electron chi connectivity index (χ0n) is 8.68. The number of carbonyl (C=O) groups excluding carboxylic acids is 1. The van der Waals surface area contributed by atoms with Crippen LogP contribution in [0.3, 0.4) is 0 Å². The zero-order chi connectivity index (χ0) is 11.4. The maximum absolute atomic E-state index is 11.7. The lowest BCUT2D eigenvalue weighted by Crippen LogP contribution is -2.32. The van der Waals surface area contributed by atoms with Gasteiger partial charge in [0, 0.05) is 11.1 Å². The molecule has 1 atom stereocenters. The fraction of sp³-hybridized carbons (Fsp3) is 0.364. The summed E-state index contributed by atoms with van der Waals surface area (Å²) in [6.07, 6.45) is 0.879. The maximum Gasteiger partial charge on any atom is 0.253 e. The van der Waals surface area contributed by atoms with E-state index in [0.29, 0.717) is 15.6 Å². The summed E-state index contributed by atoms with van der Waals surface area (Å²) in [5.41, 5.74) is 0.421. The SMILES string of the molecule is CCC(C)NC(=O)c1cc(Cl)ccc1Cl. The van der Waals surface area contributed by atoms with E-state index in [1.54, 1.807) is 18.2 Å². The second-order valence-electron chi connectivity index (χ2n) is 3.41. The van der Waals surface area contributed by atoms with Gasteiger partial charge in [-0.2, -0.15) is 0 Å². The molecule has 0 fully saturated rings. The van der Waals surface area contributed by atoms with Gasteiger partial charge in [0.25, 0.3) is 5.91 Å². The van der Waals surface area contributed by atoms with Crippen molar-refractivity contribution in [2.75, 3.05) is 0 Å². The molecular formula is C11H13Cl2NO. The summed E-state index contributed by atoms with van der Waals surface area (Å²) in [5.74, 6) is -0.183. The van der Waals surface area contributed by atoms with Crippen LogP contribution in [0.15, 0.2) is 18.2 Å². The van der Waals surface area contributed by atoms with E-state index in [1.807, 2.05) is 13.8 Å². The molecule has 0 radical (unpaired) electrons. The Labute approximate surface area is 99.6 Å². The van der Waals surface area contributed by atoms with E-state index >= 15 is 0 Å². The Morgan fingerprint density at radius 3 is 2.73 bits per heavy atom. The molecule has 1 N–H and O–H groups in total. The van der Waals surface area contributed by atoms with Crippen LogP contribution in [-0.2, 0) is 0 Å². The second kappa shape index (κ2) is 5.38. The third-order valence-electron chi connectivity index (χ3n) is 2.16. The minimum atomic E-state index is -0.183. The summed E-state index contributed by atoms with van der Waals surface area (Å²) in [6, 6.07) is 4.98. The number of hydrogen-bond donors (Lipinski definition) is 1. The van der Waals surface area contributed by atoms with E-state index in [1.165, 1.54) is 0 Å². The molecule has 15 heavy (non-hydrogen) atoms. The van der Waals surface area contributed by atoms with Crippen molar-refractivity contribution in [3.8, 4) is 0 Å². The van der Waals surface area contributed by atoms with Crippen LogP contribution in [0, 0.1) is 0 Å². The molecule has 1 aromatic carbocycles. The standard InChI is InChI=1S/C11H13Cl2NO/c1-3-7(2)14-11(15)9-6-8(12)4-5-10(9)13/h4-7H,3H2,1-2H3,(H,14,15). The molecule has 0 saturated heterocycles. The molecule has 1 rings (SSSR count). The molecule has 0 bridgehead atoms. The minimum absolute atomic E-state index is 0.132. The summed E-state index contributed by atoms with van der Waals surface area (Å²) >= 11 is 11.7. The molecule has 0 saturated carbocycles. The average molecular weight is 246 g/mol. The average Bonchev–Trinajstić information content (AvgIpc) is 2.21. The highest BCUT2D eigenvalue weighted by Gasteiger charge is 2.12. The highest BCUT2D eigenvalue weighted by molar-refractivity contribution is 6.35. The third kappa shape index (κ3) is 3.40. The summed E-state index contributed by atoms with van der Waals surface area (Å²) in [5, 5.41) is 3.76. The number of nitrogens with one attached hydrogen (secondary N) is 1. The number of hydrogen-bond acceptors (Lipinski definition) is 1. The first-order valence-corrected chi connectivity index (χ1v) is 5.56. The van der Waals surface area contributed by atoms with Crippen LogP contribution in [-0.4, -0.2) is 11.9 Å². The first-order valence-electron chi connectivity index (χ1n) is 4.80. The zero-order valence-corrected chi connectivity index (χ0v) is 10.2. The fourth-order valence-corrected chi connectivity index (χ4v) is 1.45. The molecule has 0 aliphatic rings.